The van der Waals surface area contributed by atoms with E-state index in [0.29, 0.717) is 21.7 Å². The summed E-state index contributed by atoms with van der Waals surface area (Å²) in [5, 5.41) is 5.77. The van der Waals surface area contributed by atoms with Gasteiger partial charge in [0, 0.05) is 16.1 Å². The van der Waals surface area contributed by atoms with Gasteiger partial charge in [-0.2, -0.15) is 0 Å². The van der Waals surface area contributed by atoms with E-state index in [9.17, 15) is 4.79 Å². The Kier molecular flexibility index (Phi) is 6.98. The van der Waals surface area contributed by atoms with E-state index in [-0.39, 0.29) is 11.7 Å². The molecule has 176 valence electrons. The van der Waals surface area contributed by atoms with Crippen molar-refractivity contribution < 1.29 is 4.79 Å². The zero-order chi connectivity index (χ0) is 23.8. The van der Waals surface area contributed by atoms with Gasteiger partial charge in [-0.15, -0.1) is 11.3 Å². The van der Waals surface area contributed by atoms with Crippen LogP contribution >= 0.6 is 46.3 Å². The number of aryl methyl sites for hydroxylation is 1. The molecule has 1 aromatic carbocycles. The molecule has 1 amide bonds. The third-order valence-electron chi connectivity index (χ3n) is 5.92. The van der Waals surface area contributed by atoms with Crippen LogP contribution in [-0.2, 0) is 24.1 Å². The number of hydrogen-bond donors (Lipinski definition) is 1. The molecule has 0 saturated heterocycles. The van der Waals surface area contributed by atoms with E-state index in [0.717, 1.165) is 39.3 Å². The molecular formula is C25H24Cl2N4OS2. The van der Waals surface area contributed by atoms with Crippen molar-refractivity contribution in [2.75, 3.05) is 11.1 Å². The van der Waals surface area contributed by atoms with Gasteiger partial charge in [-0.25, -0.2) is 15.0 Å². The molecule has 1 aliphatic carbocycles. The molecule has 0 saturated carbocycles. The molecule has 3 heterocycles. The van der Waals surface area contributed by atoms with Crippen molar-refractivity contribution in [1.82, 2.24) is 15.0 Å². The molecule has 9 heteroatoms. The summed E-state index contributed by atoms with van der Waals surface area (Å²) < 4.78 is 1.00. The van der Waals surface area contributed by atoms with Crippen LogP contribution < -0.4 is 5.32 Å². The van der Waals surface area contributed by atoms with E-state index in [1.807, 2.05) is 0 Å². The van der Waals surface area contributed by atoms with Crippen LogP contribution in [0.25, 0.3) is 20.4 Å². The maximum absolute atomic E-state index is 12.6. The van der Waals surface area contributed by atoms with Crippen LogP contribution in [0.15, 0.2) is 29.6 Å². The number of anilines is 1. The summed E-state index contributed by atoms with van der Waals surface area (Å²) >= 11 is 15.2. The average molecular weight is 532 g/mol. The highest BCUT2D eigenvalue weighted by Gasteiger charge is 2.23. The molecule has 0 atom stereocenters. The van der Waals surface area contributed by atoms with Crippen LogP contribution in [0.4, 0.5) is 5.69 Å². The Morgan fingerprint density at radius 1 is 1.18 bits per heavy atom. The maximum Gasteiger partial charge on any atom is 0.234 e. The van der Waals surface area contributed by atoms with Gasteiger partial charge < -0.3 is 5.32 Å². The molecule has 0 aliphatic heterocycles. The van der Waals surface area contributed by atoms with Crippen LogP contribution in [0.5, 0.6) is 0 Å². The molecule has 34 heavy (non-hydrogen) atoms. The van der Waals surface area contributed by atoms with Gasteiger partial charge in [0.1, 0.15) is 16.2 Å². The number of pyridine rings is 1. The predicted molar refractivity (Wildman–Crippen MR) is 144 cm³/mol. The second-order valence-corrected chi connectivity index (χ2v) is 11.7. The molecule has 4 aromatic rings. The second-order valence-electron chi connectivity index (χ2n) is 8.92. The molecule has 0 fully saturated rings. The first-order valence-corrected chi connectivity index (χ1v) is 13.9. The van der Waals surface area contributed by atoms with Gasteiger partial charge in [-0.05, 0) is 67.3 Å². The number of carbonyl (C=O) groups is 1. The number of rotatable bonds is 6. The summed E-state index contributed by atoms with van der Waals surface area (Å²) in [6.07, 6.45) is 7.18. The van der Waals surface area contributed by atoms with Crippen molar-refractivity contribution >= 4 is 78.3 Å². The van der Waals surface area contributed by atoms with Crippen molar-refractivity contribution in [3.05, 3.63) is 51.4 Å². The van der Waals surface area contributed by atoms with E-state index in [1.54, 1.807) is 35.9 Å². The number of nitrogens with one attached hydrogen (secondary N) is 1. The molecule has 0 radical (unpaired) electrons. The Labute approximate surface area is 216 Å². The number of thiophene rings is 1. The maximum atomic E-state index is 12.6. The van der Waals surface area contributed by atoms with E-state index in [1.165, 1.54) is 46.8 Å². The highest BCUT2D eigenvalue weighted by Crippen LogP contribution is 2.41. The molecule has 0 unspecified atom stereocenters. The Morgan fingerprint density at radius 3 is 2.74 bits per heavy atom. The lowest BCUT2D eigenvalue weighted by Crippen LogP contribution is -2.14. The van der Waals surface area contributed by atoms with E-state index < -0.39 is 0 Å². The van der Waals surface area contributed by atoms with Gasteiger partial charge >= 0.3 is 0 Å². The van der Waals surface area contributed by atoms with Crippen molar-refractivity contribution in [2.24, 2.45) is 5.92 Å². The standard InChI is InChI=1S/C25H24Cl2N4OS2/c1-13(2)9-19-15-5-3-4-6-16(15)21-22-23(34-24(21)31-19)25(29-12-28-22)33-11-20(32)30-18-8-7-14(26)10-17(18)27/h7-8,10,12-13H,3-6,9,11H2,1-2H3,(H,30,32). The Balaban J connectivity index is 1.46. The molecular weight excluding hydrogens is 507 g/mol. The minimum Gasteiger partial charge on any atom is -0.324 e. The van der Waals surface area contributed by atoms with Crippen LogP contribution in [-0.4, -0.2) is 26.6 Å². The molecule has 0 spiro atoms. The van der Waals surface area contributed by atoms with Gasteiger partial charge in [0.2, 0.25) is 5.91 Å². The van der Waals surface area contributed by atoms with Gasteiger partial charge in [0.05, 0.1) is 26.7 Å². The monoisotopic (exact) mass is 530 g/mol. The van der Waals surface area contributed by atoms with Crippen molar-refractivity contribution in [3.8, 4) is 0 Å². The van der Waals surface area contributed by atoms with Crippen LogP contribution in [0, 0.1) is 5.92 Å². The highest BCUT2D eigenvalue weighted by molar-refractivity contribution is 8.00. The number of halogens is 2. The van der Waals surface area contributed by atoms with Crippen LogP contribution in [0.2, 0.25) is 10.0 Å². The molecule has 0 bridgehead atoms. The number of carbonyl (C=O) groups excluding carboxylic acids is 1. The summed E-state index contributed by atoms with van der Waals surface area (Å²) in [6.45, 7) is 4.49. The zero-order valence-electron chi connectivity index (χ0n) is 19.0. The van der Waals surface area contributed by atoms with E-state index >= 15 is 0 Å². The summed E-state index contributed by atoms with van der Waals surface area (Å²) in [7, 11) is 0. The average Bonchev–Trinajstić information content (AvgIpc) is 3.18. The van der Waals surface area contributed by atoms with Crippen molar-refractivity contribution in [1.29, 1.82) is 0 Å². The normalized spacial score (nSPS) is 13.6. The van der Waals surface area contributed by atoms with Gasteiger partial charge in [-0.3, -0.25) is 4.79 Å². The van der Waals surface area contributed by atoms with Crippen LogP contribution in [0.3, 0.4) is 0 Å². The fraction of sp³-hybridized carbons (Fsp3) is 0.360. The summed E-state index contributed by atoms with van der Waals surface area (Å²) in [5.74, 6) is 0.615. The first kappa shape index (κ1) is 23.8. The third kappa shape index (κ3) is 4.76. The first-order chi connectivity index (χ1) is 16.4. The number of thioether (sulfide) groups is 1. The van der Waals surface area contributed by atoms with Gasteiger partial charge in [0.25, 0.3) is 0 Å². The fourth-order valence-electron chi connectivity index (χ4n) is 4.49. The minimum atomic E-state index is -0.156. The highest BCUT2D eigenvalue weighted by atomic mass is 35.5. The zero-order valence-corrected chi connectivity index (χ0v) is 22.1. The quantitative estimate of drug-likeness (QED) is 0.208. The molecule has 1 aliphatic rings. The Morgan fingerprint density at radius 2 is 1.97 bits per heavy atom. The number of nitrogens with zero attached hydrogens (tertiary/aromatic N) is 3. The van der Waals surface area contributed by atoms with Gasteiger partial charge in [-0.1, -0.05) is 48.8 Å². The van der Waals surface area contributed by atoms with E-state index in [2.05, 4.69) is 29.1 Å². The molecule has 3 aromatic heterocycles. The lowest BCUT2D eigenvalue weighted by Gasteiger charge is -2.20. The molecule has 5 nitrogen and oxygen atoms in total. The first-order valence-electron chi connectivity index (χ1n) is 11.4. The summed E-state index contributed by atoms with van der Waals surface area (Å²) in [6, 6.07) is 5.01. The van der Waals surface area contributed by atoms with Crippen molar-refractivity contribution in [2.45, 2.75) is 51.0 Å². The number of hydrogen-bond acceptors (Lipinski definition) is 6. The number of aromatic nitrogens is 3. The fourth-order valence-corrected chi connectivity index (χ4v) is 7.00. The summed E-state index contributed by atoms with van der Waals surface area (Å²) in [4.78, 5) is 27.9. The number of benzene rings is 1. The third-order valence-corrected chi connectivity index (χ3v) is 8.67. The lowest BCUT2D eigenvalue weighted by atomic mass is 9.87. The second kappa shape index (κ2) is 9.97. The molecule has 5 rings (SSSR count). The van der Waals surface area contributed by atoms with Crippen LogP contribution in [0.1, 0.15) is 43.5 Å². The Bertz CT molecular complexity index is 1400. The van der Waals surface area contributed by atoms with Crippen molar-refractivity contribution in [3.63, 3.8) is 0 Å². The number of amides is 1. The largest absolute Gasteiger partial charge is 0.324 e. The summed E-state index contributed by atoms with van der Waals surface area (Å²) in [5.41, 5.74) is 5.59. The van der Waals surface area contributed by atoms with Gasteiger partial charge in [0.15, 0.2) is 0 Å². The SMILES string of the molecule is CC(C)Cc1nc2sc3c(SCC(=O)Nc4ccc(Cl)cc4Cl)ncnc3c2c2c1CCCC2. The topological polar surface area (TPSA) is 67.8 Å². The predicted octanol–water partition coefficient (Wildman–Crippen LogP) is 7.35. The Hall–Kier alpha value is -1.93. The van der Waals surface area contributed by atoms with E-state index in [4.69, 9.17) is 28.2 Å². The minimum absolute atomic E-state index is 0.156. The lowest BCUT2D eigenvalue weighted by molar-refractivity contribution is -0.113. The molecule has 1 N–H and O–H groups in total. The smallest absolute Gasteiger partial charge is 0.234 e. The number of fused-ring (bicyclic) bond motifs is 5.